The van der Waals surface area contributed by atoms with Gasteiger partial charge in [-0.1, -0.05) is 27.2 Å². The Bertz CT molecular complexity index is 893. The summed E-state index contributed by atoms with van der Waals surface area (Å²) in [6.45, 7) is 5.77. The number of ketones is 1. The number of hydrogen-bond acceptors (Lipinski definition) is 6. The average Bonchev–Trinajstić information content (AvgIpc) is 2.88. The number of fused-ring (bicyclic) bond motifs is 3. The first-order valence-corrected chi connectivity index (χ1v) is 8.55. The topological polar surface area (TPSA) is 97.0 Å². The molecule has 3 rings (SSSR count). The fourth-order valence-electron chi connectivity index (χ4n) is 3.35. The molecule has 1 unspecified atom stereocenters. The molecule has 1 aromatic carbocycles. The molecule has 1 atom stereocenters. The quantitative estimate of drug-likeness (QED) is 0.638. The molecule has 0 bridgehead atoms. The van der Waals surface area contributed by atoms with Gasteiger partial charge in [0.1, 0.15) is 17.1 Å². The van der Waals surface area contributed by atoms with Gasteiger partial charge in [-0.05, 0) is 17.9 Å². The number of aryl methyl sites for hydroxylation is 1. The molecule has 0 radical (unpaired) electrons. The first-order chi connectivity index (χ1) is 11.8. The van der Waals surface area contributed by atoms with E-state index >= 15 is 0 Å². The molecule has 134 valence electrons. The van der Waals surface area contributed by atoms with Crippen LogP contribution in [-0.2, 0) is 12.8 Å². The summed E-state index contributed by atoms with van der Waals surface area (Å²) >= 11 is 0. The van der Waals surface area contributed by atoms with Crippen LogP contribution in [0.15, 0.2) is 15.3 Å². The van der Waals surface area contributed by atoms with Gasteiger partial charge in [0.25, 0.3) is 0 Å². The van der Waals surface area contributed by atoms with E-state index in [0.717, 1.165) is 6.42 Å². The Kier molecular flexibility index (Phi) is 4.56. The zero-order valence-electron chi connectivity index (χ0n) is 14.6. The van der Waals surface area contributed by atoms with Crippen LogP contribution in [0.4, 0.5) is 0 Å². The maximum absolute atomic E-state index is 12.7. The van der Waals surface area contributed by atoms with Gasteiger partial charge in [-0.25, -0.2) is 4.79 Å². The van der Waals surface area contributed by atoms with Crippen molar-refractivity contribution in [2.45, 2.75) is 52.7 Å². The monoisotopic (exact) mass is 346 g/mol. The highest BCUT2D eigenvalue weighted by molar-refractivity contribution is 6.11. The number of rotatable bonds is 5. The molecule has 0 saturated carbocycles. The number of carbonyl (C=O) groups excluding carboxylic acids is 1. The Morgan fingerprint density at radius 3 is 2.76 bits per heavy atom. The van der Waals surface area contributed by atoms with E-state index in [-0.39, 0.29) is 41.4 Å². The SMILES string of the molecule is CCCc1cc(=O)oc2c(C(=O)CC(C)C)c(O)c3c(c12)OC(O)C3. The lowest BCUT2D eigenvalue weighted by atomic mass is 9.92. The van der Waals surface area contributed by atoms with Crippen molar-refractivity contribution in [1.82, 2.24) is 0 Å². The number of ether oxygens (including phenoxy) is 1. The van der Waals surface area contributed by atoms with E-state index in [1.54, 1.807) is 0 Å². The largest absolute Gasteiger partial charge is 0.507 e. The molecule has 25 heavy (non-hydrogen) atoms. The highest BCUT2D eigenvalue weighted by Crippen LogP contribution is 2.46. The van der Waals surface area contributed by atoms with Crippen molar-refractivity contribution in [2.24, 2.45) is 5.92 Å². The predicted octanol–water partition coefficient (Wildman–Crippen LogP) is 2.93. The van der Waals surface area contributed by atoms with Gasteiger partial charge < -0.3 is 19.4 Å². The second kappa shape index (κ2) is 6.52. The predicted molar refractivity (Wildman–Crippen MR) is 92.3 cm³/mol. The van der Waals surface area contributed by atoms with Gasteiger partial charge in [-0.3, -0.25) is 4.79 Å². The van der Waals surface area contributed by atoms with E-state index < -0.39 is 11.9 Å². The van der Waals surface area contributed by atoms with Crippen molar-refractivity contribution in [3.05, 3.63) is 33.2 Å². The van der Waals surface area contributed by atoms with E-state index in [1.165, 1.54) is 6.07 Å². The molecule has 1 aliphatic heterocycles. The highest BCUT2D eigenvalue weighted by atomic mass is 16.6. The minimum absolute atomic E-state index is 0.00945. The molecule has 0 saturated heterocycles. The van der Waals surface area contributed by atoms with Crippen LogP contribution in [0.1, 0.15) is 55.1 Å². The maximum atomic E-state index is 12.7. The Labute approximate surface area is 145 Å². The number of aromatic hydroxyl groups is 1. The smallest absolute Gasteiger partial charge is 0.336 e. The summed E-state index contributed by atoms with van der Waals surface area (Å²) in [6.07, 6.45) is 0.583. The summed E-state index contributed by atoms with van der Waals surface area (Å²) in [5, 5.41) is 21.0. The Hall–Kier alpha value is -2.34. The molecule has 6 heteroatoms. The van der Waals surface area contributed by atoms with Crippen LogP contribution in [0.25, 0.3) is 11.0 Å². The number of Topliss-reactive ketones (excluding diaryl/α,β-unsaturated/α-hetero) is 1. The molecule has 0 amide bonds. The number of carbonyl (C=O) groups is 1. The van der Waals surface area contributed by atoms with Crippen molar-refractivity contribution in [3.63, 3.8) is 0 Å². The number of phenolic OH excluding ortho intramolecular Hbond substituents is 1. The molecule has 2 heterocycles. The second-order valence-electron chi connectivity index (χ2n) is 6.87. The molecular formula is C19H22O6. The van der Waals surface area contributed by atoms with Crippen molar-refractivity contribution in [2.75, 3.05) is 0 Å². The lowest BCUT2D eigenvalue weighted by Gasteiger charge is -2.15. The first-order valence-electron chi connectivity index (χ1n) is 8.55. The third-order valence-corrected chi connectivity index (χ3v) is 4.32. The van der Waals surface area contributed by atoms with Crippen LogP contribution in [0.3, 0.4) is 0 Å². The van der Waals surface area contributed by atoms with Crippen molar-refractivity contribution >= 4 is 16.8 Å². The van der Waals surface area contributed by atoms with Crippen LogP contribution in [0, 0.1) is 5.92 Å². The van der Waals surface area contributed by atoms with Gasteiger partial charge in [-0.15, -0.1) is 0 Å². The van der Waals surface area contributed by atoms with Gasteiger partial charge in [0.2, 0.25) is 6.29 Å². The van der Waals surface area contributed by atoms with E-state index in [0.29, 0.717) is 28.7 Å². The van der Waals surface area contributed by atoms with Gasteiger partial charge in [0.05, 0.1) is 5.39 Å². The fraction of sp³-hybridized carbons (Fsp3) is 0.474. The van der Waals surface area contributed by atoms with Crippen molar-refractivity contribution in [1.29, 1.82) is 0 Å². The molecule has 0 spiro atoms. The normalized spacial score (nSPS) is 16.3. The molecule has 6 nitrogen and oxygen atoms in total. The Morgan fingerprint density at radius 2 is 2.12 bits per heavy atom. The van der Waals surface area contributed by atoms with E-state index in [4.69, 9.17) is 9.15 Å². The molecular weight excluding hydrogens is 324 g/mol. The standard InChI is InChI=1S/C19H22O6/c1-4-5-10-7-13(21)25-19-15(10)18-11(8-14(22)24-18)17(23)16(19)12(20)6-9(2)3/h7,9,14,22-23H,4-6,8H2,1-3H3. The summed E-state index contributed by atoms with van der Waals surface area (Å²) in [5.74, 6) is -0.170. The van der Waals surface area contributed by atoms with Gasteiger partial charge in [0, 0.05) is 24.5 Å². The van der Waals surface area contributed by atoms with Crippen LogP contribution in [0.2, 0.25) is 0 Å². The zero-order chi connectivity index (χ0) is 18.3. The van der Waals surface area contributed by atoms with Crippen molar-refractivity contribution < 1.29 is 24.2 Å². The number of aliphatic hydroxyl groups excluding tert-OH is 1. The second-order valence-corrected chi connectivity index (χ2v) is 6.87. The van der Waals surface area contributed by atoms with E-state index in [1.807, 2.05) is 20.8 Å². The van der Waals surface area contributed by atoms with Crippen LogP contribution in [0.5, 0.6) is 11.5 Å². The average molecular weight is 346 g/mol. The van der Waals surface area contributed by atoms with Gasteiger partial charge in [-0.2, -0.15) is 0 Å². The highest BCUT2D eigenvalue weighted by Gasteiger charge is 2.33. The minimum Gasteiger partial charge on any atom is -0.507 e. The summed E-state index contributed by atoms with van der Waals surface area (Å²) in [6, 6.07) is 1.38. The summed E-state index contributed by atoms with van der Waals surface area (Å²) in [7, 11) is 0. The Morgan fingerprint density at radius 1 is 1.40 bits per heavy atom. The molecule has 1 aromatic heterocycles. The van der Waals surface area contributed by atoms with E-state index in [2.05, 4.69) is 0 Å². The van der Waals surface area contributed by atoms with E-state index in [9.17, 15) is 19.8 Å². The lowest BCUT2D eigenvalue weighted by Crippen LogP contribution is -2.10. The summed E-state index contributed by atoms with van der Waals surface area (Å²) in [5.41, 5.74) is 0.561. The van der Waals surface area contributed by atoms with Gasteiger partial charge in [0.15, 0.2) is 11.4 Å². The molecule has 1 aliphatic rings. The van der Waals surface area contributed by atoms with Crippen LogP contribution < -0.4 is 10.4 Å². The molecule has 0 fully saturated rings. The number of aliphatic hydroxyl groups is 1. The zero-order valence-corrected chi connectivity index (χ0v) is 14.6. The Balaban J connectivity index is 2.40. The van der Waals surface area contributed by atoms with Crippen molar-refractivity contribution in [3.8, 4) is 11.5 Å². The molecule has 2 N–H and O–H groups in total. The fourth-order valence-corrected chi connectivity index (χ4v) is 3.35. The summed E-state index contributed by atoms with van der Waals surface area (Å²) in [4.78, 5) is 24.7. The molecule has 0 aliphatic carbocycles. The molecule has 2 aromatic rings. The number of phenols is 1. The van der Waals surface area contributed by atoms with Crippen LogP contribution >= 0.6 is 0 Å². The number of benzene rings is 1. The summed E-state index contributed by atoms with van der Waals surface area (Å²) < 4.78 is 10.8. The maximum Gasteiger partial charge on any atom is 0.336 e. The lowest BCUT2D eigenvalue weighted by molar-refractivity contribution is 0.00292. The third kappa shape index (κ3) is 3.02. The van der Waals surface area contributed by atoms with Gasteiger partial charge >= 0.3 is 5.63 Å². The first kappa shape index (κ1) is 17.5. The number of hydrogen-bond donors (Lipinski definition) is 2. The minimum atomic E-state index is -1.10. The third-order valence-electron chi connectivity index (χ3n) is 4.32. The van der Waals surface area contributed by atoms with Crippen LogP contribution in [-0.4, -0.2) is 22.3 Å².